The number of carboxylic acids is 1. The Morgan fingerprint density at radius 1 is 1.41 bits per heavy atom. The Labute approximate surface area is 162 Å². The second kappa shape index (κ2) is 8.54. The zero-order valence-corrected chi connectivity index (χ0v) is 15.9. The molecule has 0 unspecified atom stereocenters. The Morgan fingerprint density at radius 2 is 2.19 bits per heavy atom. The Balaban J connectivity index is 1.84. The number of para-hydroxylation sites is 1. The smallest absolute Gasteiger partial charge is 0.305 e. The van der Waals surface area contributed by atoms with Crippen LogP contribution in [0.25, 0.3) is 5.69 Å². The Morgan fingerprint density at radius 3 is 2.85 bits per heavy atom. The minimum Gasteiger partial charge on any atom is -0.481 e. The van der Waals surface area contributed by atoms with E-state index >= 15 is 0 Å². The van der Waals surface area contributed by atoms with Crippen molar-refractivity contribution in [3.05, 3.63) is 46.7 Å². The molecule has 1 aliphatic heterocycles. The molecule has 1 aromatic carbocycles. The summed E-state index contributed by atoms with van der Waals surface area (Å²) in [5, 5.41) is 13.9. The molecule has 1 N–H and O–H groups in total. The first-order valence-corrected chi connectivity index (χ1v) is 9.27. The largest absolute Gasteiger partial charge is 0.481 e. The van der Waals surface area contributed by atoms with Gasteiger partial charge in [-0.2, -0.15) is 5.10 Å². The second-order valence-corrected chi connectivity index (χ2v) is 6.94. The molecule has 0 bridgehead atoms. The van der Waals surface area contributed by atoms with E-state index in [1.807, 2.05) is 18.2 Å². The summed E-state index contributed by atoms with van der Waals surface area (Å²) in [5.74, 6) is -1.19. The van der Waals surface area contributed by atoms with Crippen LogP contribution in [-0.2, 0) is 9.53 Å². The molecule has 1 fully saturated rings. The van der Waals surface area contributed by atoms with E-state index in [1.165, 1.54) is 6.20 Å². The normalized spacial score (nSPS) is 16.4. The molecular weight excluding hydrogens is 370 g/mol. The second-order valence-electron chi connectivity index (χ2n) is 6.54. The molecule has 0 radical (unpaired) electrons. The summed E-state index contributed by atoms with van der Waals surface area (Å²) < 4.78 is 7.24. The quantitative estimate of drug-likeness (QED) is 0.784. The monoisotopic (exact) mass is 391 g/mol. The number of amides is 1. The van der Waals surface area contributed by atoms with Crippen LogP contribution in [0.15, 0.2) is 30.5 Å². The third kappa shape index (κ3) is 4.48. The van der Waals surface area contributed by atoms with Gasteiger partial charge in [0.1, 0.15) is 0 Å². The van der Waals surface area contributed by atoms with Crippen LogP contribution in [0, 0.1) is 6.92 Å². The topological polar surface area (TPSA) is 84.7 Å². The first-order chi connectivity index (χ1) is 13.0. The van der Waals surface area contributed by atoms with Gasteiger partial charge >= 0.3 is 5.97 Å². The first kappa shape index (κ1) is 19.4. The maximum Gasteiger partial charge on any atom is 0.305 e. The summed E-state index contributed by atoms with van der Waals surface area (Å²) in [6.45, 7) is 2.98. The number of rotatable bonds is 7. The molecule has 1 aliphatic rings. The number of carboxylic acid groups (broad SMARTS) is 1. The molecule has 144 valence electrons. The predicted octanol–water partition coefficient (Wildman–Crippen LogP) is 2.93. The molecule has 1 saturated heterocycles. The molecule has 3 rings (SSSR count). The Hall–Kier alpha value is -2.38. The van der Waals surface area contributed by atoms with E-state index in [4.69, 9.17) is 21.4 Å². The number of nitrogens with zero attached hydrogens (tertiary/aromatic N) is 3. The van der Waals surface area contributed by atoms with Gasteiger partial charge in [-0.05, 0) is 31.9 Å². The number of ether oxygens (including phenoxy) is 1. The summed E-state index contributed by atoms with van der Waals surface area (Å²) in [6.07, 6.45) is 3.16. The molecule has 0 saturated carbocycles. The fourth-order valence-electron chi connectivity index (χ4n) is 3.20. The Bertz CT molecular complexity index is 830. The zero-order valence-electron chi connectivity index (χ0n) is 15.1. The van der Waals surface area contributed by atoms with Crippen LogP contribution in [0.5, 0.6) is 0 Å². The van der Waals surface area contributed by atoms with Gasteiger partial charge in [-0.25, -0.2) is 4.68 Å². The lowest BCUT2D eigenvalue weighted by molar-refractivity contribution is -0.137. The average Bonchev–Trinajstić information content (AvgIpc) is 3.28. The van der Waals surface area contributed by atoms with Gasteiger partial charge in [0.15, 0.2) is 0 Å². The molecule has 1 atom stereocenters. The lowest BCUT2D eigenvalue weighted by atomic mass is 10.1. The molecule has 1 amide bonds. The summed E-state index contributed by atoms with van der Waals surface area (Å²) in [7, 11) is 0. The third-order valence-electron chi connectivity index (χ3n) is 4.65. The van der Waals surface area contributed by atoms with Gasteiger partial charge in [0.2, 0.25) is 0 Å². The molecule has 8 heteroatoms. The van der Waals surface area contributed by atoms with Crippen molar-refractivity contribution in [2.24, 2.45) is 0 Å². The number of carbonyl (C=O) groups excluding carboxylic acids is 1. The SMILES string of the molecule is Cc1c(C(=O)N(CCC(=O)O)C[C@H]2CCCO2)cnn1-c1ccccc1Cl. The number of hydrogen-bond acceptors (Lipinski definition) is 4. The van der Waals surface area contributed by atoms with Crippen molar-refractivity contribution in [2.45, 2.75) is 32.3 Å². The summed E-state index contributed by atoms with van der Waals surface area (Å²) in [6, 6.07) is 7.26. The van der Waals surface area contributed by atoms with Gasteiger partial charge in [0.25, 0.3) is 5.91 Å². The highest BCUT2D eigenvalue weighted by Crippen LogP contribution is 2.23. The van der Waals surface area contributed by atoms with E-state index in [2.05, 4.69) is 5.10 Å². The molecule has 1 aromatic heterocycles. The van der Waals surface area contributed by atoms with Crippen LogP contribution in [0.1, 0.15) is 35.3 Å². The molecule has 0 spiro atoms. The number of aromatic nitrogens is 2. The van der Waals surface area contributed by atoms with Gasteiger partial charge in [0, 0.05) is 19.7 Å². The van der Waals surface area contributed by atoms with Crippen molar-refractivity contribution < 1.29 is 19.4 Å². The highest BCUT2D eigenvalue weighted by Gasteiger charge is 2.26. The molecule has 27 heavy (non-hydrogen) atoms. The van der Waals surface area contributed by atoms with Crippen LogP contribution in [-0.4, -0.2) is 57.5 Å². The molecule has 0 aliphatic carbocycles. The van der Waals surface area contributed by atoms with Crippen LogP contribution in [0.3, 0.4) is 0 Å². The zero-order chi connectivity index (χ0) is 19.4. The van der Waals surface area contributed by atoms with E-state index in [9.17, 15) is 9.59 Å². The fourth-order valence-corrected chi connectivity index (χ4v) is 3.41. The van der Waals surface area contributed by atoms with E-state index in [1.54, 1.807) is 22.6 Å². The highest BCUT2D eigenvalue weighted by atomic mass is 35.5. The number of hydrogen-bond donors (Lipinski definition) is 1. The van der Waals surface area contributed by atoms with Crippen LogP contribution >= 0.6 is 11.6 Å². The van der Waals surface area contributed by atoms with Crippen molar-refractivity contribution in [1.82, 2.24) is 14.7 Å². The van der Waals surface area contributed by atoms with Crippen LogP contribution in [0.2, 0.25) is 5.02 Å². The van der Waals surface area contributed by atoms with Gasteiger partial charge in [-0.15, -0.1) is 0 Å². The lowest BCUT2D eigenvalue weighted by Crippen LogP contribution is -2.39. The van der Waals surface area contributed by atoms with Gasteiger partial charge in [-0.3, -0.25) is 9.59 Å². The Kier molecular flexibility index (Phi) is 6.13. The van der Waals surface area contributed by atoms with Crippen molar-refractivity contribution in [3.63, 3.8) is 0 Å². The van der Waals surface area contributed by atoms with Crippen molar-refractivity contribution in [1.29, 1.82) is 0 Å². The van der Waals surface area contributed by atoms with E-state index in [-0.39, 0.29) is 25.0 Å². The maximum absolute atomic E-state index is 13.1. The number of benzene rings is 1. The average molecular weight is 392 g/mol. The molecule has 2 aromatic rings. The maximum atomic E-state index is 13.1. The summed E-state index contributed by atoms with van der Waals surface area (Å²) >= 11 is 6.24. The molecular formula is C19H22ClN3O4. The van der Waals surface area contributed by atoms with Crippen LogP contribution < -0.4 is 0 Å². The van der Waals surface area contributed by atoms with E-state index in [0.717, 1.165) is 12.8 Å². The fraction of sp³-hybridized carbons (Fsp3) is 0.421. The standard InChI is InChI=1S/C19H22ClN3O4/c1-13-15(11-21-23(13)17-7-3-2-6-16(17)20)19(26)22(9-8-18(24)25)12-14-5-4-10-27-14/h2-3,6-7,11,14H,4-5,8-10,12H2,1H3,(H,24,25)/t14-/m1/s1. The van der Waals surface area contributed by atoms with Gasteiger partial charge in [-0.1, -0.05) is 23.7 Å². The van der Waals surface area contributed by atoms with Crippen molar-refractivity contribution in [3.8, 4) is 5.69 Å². The minimum absolute atomic E-state index is 0.0540. The number of carbonyl (C=O) groups is 2. The van der Waals surface area contributed by atoms with Crippen molar-refractivity contribution in [2.75, 3.05) is 19.7 Å². The van der Waals surface area contributed by atoms with Crippen LogP contribution in [0.4, 0.5) is 0 Å². The summed E-state index contributed by atoms with van der Waals surface area (Å²) in [4.78, 5) is 25.6. The predicted molar refractivity (Wildman–Crippen MR) is 100 cm³/mol. The van der Waals surface area contributed by atoms with Crippen molar-refractivity contribution >= 4 is 23.5 Å². The number of halogens is 1. The number of aliphatic carboxylic acids is 1. The lowest BCUT2D eigenvalue weighted by Gasteiger charge is -2.25. The van der Waals surface area contributed by atoms with Gasteiger partial charge < -0.3 is 14.7 Å². The molecule has 2 heterocycles. The van der Waals surface area contributed by atoms with E-state index < -0.39 is 5.97 Å². The summed E-state index contributed by atoms with van der Waals surface area (Å²) in [5.41, 5.74) is 1.77. The molecule has 7 nitrogen and oxygen atoms in total. The highest BCUT2D eigenvalue weighted by molar-refractivity contribution is 6.32. The minimum atomic E-state index is -0.941. The van der Waals surface area contributed by atoms with Gasteiger partial charge in [0.05, 0.1) is 40.7 Å². The van der Waals surface area contributed by atoms with E-state index in [0.29, 0.717) is 35.1 Å². The first-order valence-electron chi connectivity index (χ1n) is 8.89. The third-order valence-corrected chi connectivity index (χ3v) is 4.97.